The predicted molar refractivity (Wildman–Crippen MR) is 328 cm³/mol. The number of nitrogens with zero attached hydrogens (tertiary/aromatic N) is 1. The molecule has 8 rings (SSSR count). The van der Waals surface area contributed by atoms with E-state index in [-0.39, 0.29) is 68.0 Å². The van der Waals surface area contributed by atoms with Gasteiger partial charge in [-0.25, -0.2) is 4.79 Å². The number of carbonyl (C=O) groups excluding carboxylic acids is 7. The number of carboxylic acids is 1. The van der Waals surface area contributed by atoms with Crippen molar-refractivity contribution in [2.45, 2.75) is 49.1 Å². The summed E-state index contributed by atoms with van der Waals surface area (Å²) in [7, 11) is 1.15. The smallest absolute Gasteiger partial charge is 0.330 e. The van der Waals surface area contributed by atoms with Crippen LogP contribution in [0.5, 0.6) is 34.5 Å². The molecule has 0 bridgehead atoms. The Bertz CT molecular complexity index is 4010. The highest BCUT2D eigenvalue weighted by molar-refractivity contribution is 6.45. The summed E-state index contributed by atoms with van der Waals surface area (Å²) in [5.41, 5.74) is 0.455. The lowest BCUT2D eigenvalue weighted by Gasteiger charge is -2.33. The summed E-state index contributed by atoms with van der Waals surface area (Å²) in [5, 5.41) is 82.8. The Morgan fingerprint density at radius 2 is 0.888 bits per heavy atom. The number of aromatic nitrogens is 1. The molecule has 0 aliphatic carbocycles. The van der Waals surface area contributed by atoms with Crippen molar-refractivity contribution in [1.82, 2.24) is 36.5 Å². The van der Waals surface area contributed by atoms with Crippen LogP contribution in [0.3, 0.4) is 0 Å². The van der Waals surface area contributed by atoms with Crippen molar-refractivity contribution in [3.63, 3.8) is 0 Å². The second-order valence-electron chi connectivity index (χ2n) is 20.0. The number of aromatic amines is 1. The zero-order valence-corrected chi connectivity index (χ0v) is 50.3. The topological polar surface area (TPSA) is 357 Å². The van der Waals surface area contributed by atoms with Gasteiger partial charge in [-0.15, -0.1) is 0 Å². The summed E-state index contributed by atoms with van der Waals surface area (Å²) >= 11 is 37.8. The highest BCUT2D eigenvalue weighted by Crippen LogP contribution is 2.38. The molecule has 13 N–H and O–H groups in total. The minimum atomic E-state index is -2.01. The first kappa shape index (κ1) is 65.6. The Hall–Kier alpha value is -9.42. The molecule has 89 heavy (non-hydrogen) atoms. The van der Waals surface area contributed by atoms with E-state index in [2.05, 4.69) is 31.6 Å². The fourth-order valence-electron chi connectivity index (χ4n) is 9.34. The quantitative estimate of drug-likeness (QED) is 0.0223. The third kappa shape index (κ3) is 15.5. The van der Waals surface area contributed by atoms with E-state index in [1.54, 1.807) is 24.3 Å². The number of phenols is 6. The van der Waals surface area contributed by atoms with E-state index in [0.29, 0.717) is 22.0 Å². The number of carboxylic acid groups (broad SMARTS) is 1. The fourth-order valence-corrected chi connectivity index (χ4v) is 10.8. The van der Waals surface area contributed by atoms with Crippen molar-refractivity contribution in [3.8, 4) is 34.5 Å². The Balaban J connectivity index is 1.18. The van der Waals surface area contributed by atoms with Gasteiger partial charge in [-0.3, -0.25) is 33.6 Å². The average molecular weight is 1330 g/mol. The molecule has 8 aromatic rings. The van der Waals surface area contributed by atoms with E-state index in [1.165, 1.54) is 66.9 Å². The first-order valence-electron chi connectivity index (χ1n) is 26.2. The molecule has 6 atom stereocenters. The van der Waals surface area contributed by atoms with Gasteiger partial charge in [0.1, 0.15) is 47.5 Å². The van der Waals surface area contributed by atoms with E-state index in [4.69, 9.17) is 69.6 Å². The van der Waals surface area contributed by atoms with Crippen LogP contribution in [0, 0.1) is 0 Å². The van der Waals surface area contributed by atoms with E-state index in [0.717, 1.165) is 60.5 Å². The molecule has 7 aromatic carbocycles. The van der Waals surface area contributed by atoms with Crippen LogP contribution in [-0.2, 0) is 46.4 Å². The maximum Gasteiger partial charge on any atom is 0.330 e. The summed E-state index contributed by atoms with van der Waals surface area (Å²) < 4.78 is 0. The first-order chi connectivity index (χ1) is 42.2. The second kappa shape index (κ2) is 28.2. The lowest BCUT2D eigenvalue weighted by atomic mass is 9.98. The van der Waals surface area contributed by atoms with E-state index in [9.17, 15) is 59.7 Å². The van der Waals surface area contributed by atoms with Gasteiger partial charge in [0.05, 0.1) is 30.1 Å². The van der Waals surface area contributed by atoms with Gasteiger partial charge < -0.3 is 72.2 Å². The molecule has 0 saturated heterocycles. The van der Waals surface area contributed by atoms with Gasteiger partial charge in [-0.2, -0.15) is 0 Å². The van der Waals surface area contributed by atoms with Gasteiger partial charge in [0, 0.05) is 42.6 Å². The molecule has 28 heteroatoms. The molecule has 0 unspecified atom stereocenters. The summed E-state index contributed by atoms with van der Waals surface area (Å²) in [6.45, 7) is 0. The molecule has 460 valence electrons. The number of phenolic OH excluding ortho intramolecular Hbond substituents is 6. The maximum atomic E-state index is 15.3. The summed E-state index contributed by atoms with van der Waals surface area (Å²) in [6, 6.07) is 17.0. The summed E-state index contributed by atoms with van der Waals surface area (Å²) in [4.78, 5) is 120. The van der Waals surface area contributed by atoms with E-state index < -0.39 is 121 Å². The standard InChI is InChI=1S/C61H49Cl6N7O15/c1-74(46(18-27-6-12-34(75)13-7-27)56(83)73-50(61(88)89)29-10-16-36(77)17-11-29)60(87)49(31-21-40(64)53(80)41(65)22-31)72-57(84)47(28-8-14-35(76)15-9-28)71-58(85)48(30-19-38(62)52(79)39(63)20-30)70-55(82)45(25-33-26-68-44-5-3-2-4-37(33)44)69-59(86)51(78)32-23-42(66)54(81)43(67)24-32/h2-17,19-24,26,45-50,68,75-77,79-81H,18,25H2,1H3,(H,69,86)(H,70,82)(H,71,85)(H,72,84)(H,73,83)(H,88,89)/t45-,46-,47+,48-,49+,50+/m0/s1. The van der Waals surface area contributed by atoms with Gasteiger partial charge in [-0.1, -0.05) is 124 Å². The number of likely N-dealkylation sites (N-methyl/N-ethyl adjacent to an activating group) is 1. The minimum Gasteiger partial charge on any atom is -0.508 e. The van der Waals surface area contributed by atoms with E-state index in [1.807, 2.05) is 0 Å². The third-order valence-corrected chi connectivity index (χ3v) is 15.8. The lowest BCUT2D eigenvalue weighted by molar-refractivity contribution is -0.145. The Kier molecular flexibility index (Phi) is 20.7. The Labute approximate surface area is 534 Å². The molecule has 6 amide bonds. The highest BCUT2D eigenvalue weighted by Gasteiger charge is 2.39. The van der Waals surface area contributed by atoms with Gasteiger partial charge in [0.15, 0.2) is 23.3 Å². The predicted octanol–water partition coefficient (Wildman–Crippen LogP) is 8.82. The highest BCUT2D eigenvalue weighted by atomic mass is 35.5. The van der Waals surface area contributed by atoms with Crippen LogP contribution in [-0.4, -0.2) is 112 Å². The largest absolute Gasteiger partial charge is 0.508 e. The number of fused-ring (bicyclic) bond motifs is 1. The van der Waals surface area contributed by atoms with Gasteiger partial charge >= 0.3 is 5.97 Å². The molecule has 1 aromatic heterocycles. The monoisotopic (exact) mass is 1330 g/mol. The lowest BCUT2D eigenvalue weighted by Crippen LogP contribution is -2.54. The van der Waals surface area contributed by atoms with Crippen LogP contribution in [0.15, 0.2) is 140 Å². The number of amides is 6. The van der Waals surface area contributed by atoms with Crippen molar-refractivity contribution in [3.05, 3.63) is 209 Å². The van der Waals surface area contributed by atoms with Gasteiger partial charge in [-0.05, 0) is 112 Å². The molecule has 0 aliphatic rings. The van der Waals surface area contributed by atoms with Crippen LogP contribution in [0.2, 0.25) is 30.1 Å². The SMILES string of the molecule is CN(C(=O)[C@H](NC(=O)[C@H](NC(=O)[C@@H](NC(=O)[C@H](Cc1c[nH]c2ccccc12)NC(=O)C(=O)c1cc(Cl)c(O)c(Cl)c1)c1cc(Cl)c(O)c(Cl)c1)c1ccc(O)cc1)c1cc(Cl)c(O)c(Cl)c1)[C@@H](Cc1ccc(O)cc1)C(=O)N[C@@H](C(=O)O)c1ccc(O)cc1. The second-order valence-corrected chi connectivity index (χ2v) is 22.4. The zero-order chi connectivity index (χ0) is 64.7. The number of aliphatic carboxylic acids is 1. The number of hydrogen-bond donors (Lipinski definition) is 13. The number of aromatic hydroxyl groups is 6. The number of Topliss-reactive ketones (excluding diaryl/α,β-unsaturated/α-hetero) is 1. The number of H-pyrrole nitrogens is 1. The molecule has 0 spiro atoms. The first-order valence-corrected chi connectivity index (χ1v) is 28.5. The average Bonchev–Trinajstić information content (AvgIpc) is 1.55. The molecule has 0 aliphatic heterocycles. The third-order valence-electron chi connectivity index (χ3n) is 14.1. The molecular formula is C61H49Cl6N7O15. The van der Waals surface area contributed by atoms with Gasteiger partial charge in [0.2, 0.25) is 35.3 Å². The minimum absolute atomic E-state index is 0.0212. The number of ketones is 1. The molecule has 1 heterocycles. The van der Waals surface area contributed by atoms with E-state index >= 15 is 14.4 Å². The maximum absolute atomic E-state index is 15.3. The molecule has 0 fully saturated rings. The number of hydrogen-bond acceptors (Lipinski definition) is 14. The normalized spacial score (nSPS) is 13.2. The van der Waals surface area contributed by atoms with Crippen LogP contribution < -0.4 is 26.6 Å². The summed E-state index contributed by atoms with van der Waals surface area (Å²) in [5.74, 6) is -12.5. The summed E-state index contributed by atoms with van der Waals surface area (Å²) in [6.07, 6.45) is 0.822. The number of para-hydroxylation sites is 1. The van der Waals surface area contributed by atoms with Crippen molar-refractivity contribution >= 4 is 128 Å². The van der Waals surface area contributed by atoms with Crippen LogP contribution in [0.25, 0.3) is 10.9 Å². The Morgan fingerprint density at radius 3 is 1.39 bits per heavy atom. The van der Waals surface area contributed by atoms with Crippen molar-refractivity contribution in [2.24, 2.45) is 0 Å². The fraction of sp³-hybridized carbons (Fsp3) is 0.148. The Morgan fingerprint density at radius 1 is 0.472 bits per heavy atom. The van der Waals surface area contributed by atoms with Crippen LogP contribution in [0.1, 0.15) is 67.9 Å². The van der Waals surface area contributed by atoms with Crippen LogP contribution in [0.4, 0.5) is 0 Å². The zero-order valence-electron chi connectivity index (χ0n) is 45.8. The molecule has 0 radical (unpaired) electrons. The molecule has 22 nitrogen and oxygen atoms in total. The van der Waals surface area contributed by atoms with Crippen molar-refractivity contribution < 1.29 is 74.1 Å². The number of halogens is 6. The molecular weight excluding hydrogens is 1280 g/mol. The number of rotatable bonds is 22. The van der Waals surface area contributed by atoms with Crippen LogP contribution >= 0.6 is 69.6 Å². The van der Waals surface area contributed by atoms with Gasteiger partial charge in [0.25, 0.3) is 5.91 Å². The van der Waals surface area contributed by atoms with Crippen molar-refractivity contribution in [2.75, 3.05) is 7.05 Å². The number of carbonyl (C=O) groups is 8. The van der Waals surface area contributed by atoms with Crippen molar-refractivity contribution in [1.29, 1.82) is 0 Å². The molecule has 0 saturated carbocycles. The number of nitrogens with one attached hydrogen (secondary N) is 6. The number of benzene rings is 7.